The fraction of sp³-hybridized carbons (Fsp3) is 0.167. The van der Waals surface area contributed by atoms with Crippen LogP contribution in [-0.4, -0.2) is 24.2 Å². The van der Waals surface area contributed by atoms with Gasteiger partial charge in [-0.25, -0.2) is 0 Å². The highest BCUT2D eigenvalue weighted by Gasteiger charge is 2.40. The van der Waals surface area contributed by atoms with Gasteiger partial charge in [-0.15, -0.1) is 0 Å². The highest BCUT2D eigenvalue weighted by molar-refractivity contribution is 9.10. The summed E-state index contributed by atoms with van der Waals surface area (Å²) in [5, 5.41) is 2.97. The van der Waals surface area contributed by atoms with Gasteiger partial charge in [-0.3, -0.25) is 9.59 Å². The molecule has 4 nitrogen and oxygen atoms in total. The molecule has 2 amide bonds. The van der Waals surface area contributed by atoms with Crippen molar-refractivity contribution in [1.29, 1.82) is 0 Å². The zero-order chi connectivity index (χ0) is 18.0. The van der Waals surface area contributed by atoms with Crippen LogP contribution in [0.25, 0.3) is 6.08 Å². The Morgan fingerprint density at radius 2 is 1.39 bits per heavy atom. The molecule has 0 spiro atoms. The first-order valence-electron chi connectivity index (χ1n) is 5.58. The van der Waals surface area contributed by atoms with Gasteiger partial charge in [-0.05, 0) is 33.6 Å². The molecule has 0 bridgehead atoms. The summed E-state index contributed by atoms with van der Waals surface area (Å²) in [6.45, 7) is 3.31. The number of rotatable bonds is 3. The number of hydrogen-bond acceptors (Lipinski definition) is 2. The van der Waals surface area contributed by atoms with E-state index in [9.17, 15) is 35.9 Å². The van der Waals surface area contributed by atoms with Crippen LogP contribution in [0.3, 0.4) is 0 Å². The zero-order valence-corrected chi connectivity index (χ0v) is 12.5. The van der Waals surface area contributed by atoms with Crippen molar-refractivity contribution in [2.24, 2.45) is 0 Å². The van der Waals surface area contributed by atoms with Crippen molar-refractivity contribution in [3.05, 3.63) is 28.7 Å². The third-order valence-corrected chi connectivity index (χ3v) is 3.03. The summed E-state index contributed by atoms with van der Waals surface area (Å²) in [7, 11) is 0. The van der Waals surface area contributed by atoms with Crippen molar-refractivity contribution in [3.63, 3.8) is 0 Å². The molecule has 1 rings (SSSR count). The molecular formula is C12H7BrF6N2O2. The Bertz CT molecular complexity index is 654. The maximum Gasteiger partial charge on any atom is 0.471 e. The monoisotopic (exact) mass is 404 g/mol. The van der Waals surface area contributed by atoms with Crippen LogP contribution in [0.4, 0.5) is 37.7 Å². The van der Waals surface area contributed by atoms with E-state index >= 15 is 0 Å². The third-order valence-electron chi connectivity index (χ3n) is 2.37. The van der Waals surface area contributed by atoms with Gasteiger partial charge in [0.2, 0.25) is 0 Å². The minimum atomic E-state index is -5.19. The Kier molecular flexibility index (Phi) is 5.46. The molecule has 0 saturated carbocycles. The van der Waals surface area contributed by atoms with Crippen LogP contribution in [0.5, 0.6) is 0 Å². The molecule has 0 unspecified atom stereocenters. The molecule has 23 heavy (non-hydrogen) atoms. The van der Waals surface area contributed by atoms with Crippen molar-refractivity contribution >= 4 is 45.2 Å². The maximum atomic E-state index is 12.3. The topological polar surface area (TPSA) is 58.2 Å². The van der Waals surface area contributed by atoms with Crippen LogP contribution in [-0.2, 0) is 9.59 Å². The number of anilines is 2. The van der Waals surface area contributed by atoms with E-state index in [1.165, 1.54) is 10.6 Å². The highest BCUT2D eigenvalue weighted by atomic mass is 79.9. The molecule has 0 heterocycles. The van der Waals surface area contributed by atoms with E-state index in [0.717, 1.165) is 18.2 Å². The Balaban J connectivity index is 3.21. The number of carbonyl (C=O) groups is 2. The average Bonchev–Trinajstić information content (AvgIpc) is 2.39. The predicted octanol–water partition coefficient (Wildman–Crippen LogP) is 4.09. The van der Waals surface area contributed by atoms with Gasteiger partial charge in [0.1, 0.15) is 0 Å². The normalized spacial score (nSPS) is 11.8. The summed E-state index contributed by atoms with van der Waals surface area (Å²) >= 11 is 2.86. The smallest absolute Gasteiger partial charge is 0.318 e. The summed E-state index contributed by atoms with van der Waals surface area (Å²) in [4.78, 5) is 21.8. The van der Waals surface area contributed by atoms with Gasteiger partial charge in [-0.1, -0.05) is 12.7 Å². The molecule has 0 radical (unpaired) electrons. The van der Waals surface area contributed by atoms with Crippen LogP contribution in [0, 0.1) is 0 Å². The first-order chi connectivity index (χ1) is 10.4. The number of amides is 2. The van der Waals surface area contributed by atoms with E-state index in [2.05, 4.69) is 22.5 Å². The van der Waals surface area contributed by atoms with Gasteiger partial charge in [-0.2, -0.15) is 26.3 Å². The molecule has 0 aliphatic carbocycles. The SMILES string of the molecule is C=Cc1cc(Br)c(NC(=O)C(F)(F)F)cc1NC(=O)C(F)(F)F. The Labute approximate surface area is 133 Å². The number of alkyl halides is 6. The second-order valence-electron chi connectivity index (χ2n) is 4.03. The minimum absolute atomic E-state index is 0.000479. The van der Waals surface area contributed by atoms with Gasteiger partial charge in [0.25, 0.3) is 0 Å². The Morgan fingerprint density at radius 3 is 1.78 bits per heavy atom. The fourth-order valence-electron chi connectivity index (χ4n) is 1.35. The van der Waals surface area contributed by atoms with E-state index in [-0.39, 0.29) is 10.0 Å². The molecule has 2 N–H and O–H groups in total. The lowest BCUT2D eigenvalue weighted by Gasteiger charge is -2.15. The number of benzene rings is 1. The van der Waals surface area contributed by atoms with Crippen LogP contribution >= 0.6 is 15.9 Å². The Hall–Kier alpha value is -2.04. The largest absolute Gasteiger partial charge is 0.471 e. The van der Waals surface area contributed by atoms with Gasteiger partial charge in [0, 0.05) is 4.47 Å². The van der Waals surface area contributed by atoms with Crippen LogP contribution in [0.1, 0.15) is 5.56 Å². The third kappa shape index (κ3) is 4.98. The van der Waals surface area contributed by atoms with Crippen molar-refractivity contribution in [3.8, 4) is 0 Å². The lowest BCUT2D eigenvalue weighted by molar-refractivity contribution is -0.167. The standard InChI is InChI=1S/C12H7BrF6N2O2/c1-2-5-3-6(13)8(21-10(23)12(17,18)19)4-7(5)20-9(22)11(14,15)16/h2-4H,1H2,(H,20,22)(H,21,23). The summed E-state index contributed by atoms with van der Waals surface area (Å²) in [5.41, 5.74) is -0.946. The Morgan fingerprint density at radius 1 is 0.957 bits per heavy atom. The van der Waals surface area contributed by atoms with Crippen LogP contribution < -0.4 is 10.6 Å². The van der Waals surface area contributed by atoms with Gasteiger partial charge in [0.15, 0.2) is 0 Å². The van der Waals surface area contributed by atoms with Gasteiger partial charge in [0.05, 0.1) is 11.4 Å². The highest BCUT2D eigenvalue weighted by Crippen LogP contribution is 2.32. The molecule has 0 aliphatic heterocycles. The van der Waals surface area contributed by atoms with Crippen LogP contribution in [0.2, 0.25) is 0 Å². The van der Waals surface area contributed by atoms with Gasteiger partial charge < -0.3 is 10.6 Å². The lowest BCUT2D eigenvalue weighted by atomic mass is 10.1. The molecule has 0 aliphatic rings. The van der Waals surface area contributed by atoms with Crippen molar-refractivity contribution in [2.45, 2.75) is 12.4 Å². The molecule has 0 atom stereocenters. The number of carbonyl (C=O) groups excluding carboxylic acids is 2. The summed E-state index contributed by atoms with van der Waals surface area (Å²) in [6, 6.07) is 1.83. The van der Waals surface area contributed by atoms with E-state index in [1.807, 2.05) is 0 Å². The van der Waals surface area contributed by atoms with E-state index in [4.69, 9.17) is 0 Å². The lowest BCUT2D eigenvalue weighted by Crippen LogP contribution is -2.31. The maximum absolute atomic E-state index is 12.3. The number of halogens is 7. The zero-order valence-electron chi connectivity index (χ0n) is 10.9. The summed E-state index contributed by atoms with van der Waals surface area (Å²) in [5.74, 6) is -4.64. The van der Waals surface area contributed by atoms with E-state index < -0.39 is 35.5 Å². The first kappa shape index (κ1) is 19.0. The number of nitrogens with one attached hydrogen (secondary N) is 2. The second-order valence-corrected chi connectivity index (χ2v) is 4.88. The van der Waals surface area contributed by atoms with Gasteiger partial charge >= 0.3 is 24.2 Å². The van der Waals surface area contributed by atoms with Crippen molar-refractivity contribution in [1.82, 2.24) is 0 Å². The molecule has 126 valence electrons. The molecule has 11 heteroatoms. The quantitative estimate of drug-likeness (QED) is 0.745. The predicted molar refractivity (Wildman–Crippen MR) is 73.6 cm³/mol. The minimum Gasteiger partial charge on any atom is -0.318 e. The molecule has 0 aromatic heterocycles. The van der Waals surface area contributed by atoms with E-state index in [0.29, 0.717) is 0 Å². The molecular weight excluding hydrogens is 398 g/mol. The van der Waals surface area contributed by atoms with Crippen molar-refractivity contribution in [2.75, 3.05) is 10.6 Å². The molecule has 0 saturated heterocycles. The second kappa shape index (κ2) is 6.60. The average molecular weight is 405 g/mol. The van der Waals surface area contributed by atoms with Crippen LogP contribution in [0.15, 0.2) is 23.2 Å². The van der Waals surface area contributed by atoms with E-state index in [1.54, 1.807) is 0 Å². The molecule has 1 aromatic rings. The molecule has 0 fully saturated rings. The number of hydrogen-bond donors (Lipinski definition) is 2. The summed E-state index contributed by atoms with van der Waals surface area (Å²) < 4.78 is 73.4. The van der Waals surface area contributed by atoms with Crippen molar-refractivity contribution < 1.29 is 35.9 Å². The summed E-state index contributed by atoms with van der Waals surface area (Å²) in [6.07, 6.45) is -9.31. The first-order valence-corrected chi connectivity index (χ1v) is 6.38. The molecule has 1 aromatic carbocycles. The fourth-order valence-corrected chi connectivity index (χ4v) is 1.81.